The van der Waals surface area contributed by atoms with Crippen LogP contribution in [0, 0.1) is 11.8 Å². The molecule has 0 aliphatic carbocycles. The maximum Gasteiger partial charge on any atom is 0.255 e. The zero-order valence-corrected chi connectivity index (χ0v) is 17.2. The van der Waals surface area contributed by atoms with E-state index in [1.165, 1.54) is 13.8 Å². The average Bonchev–Trinajstić information content (AvgIpc) is 2.72. The molecule has 0 radical (unpaired) electrons. The normalized spacial score (nSPS) is 9.74. The summed E-state index contributed by atoms with van der Waals surface area (Å²) < 4.78 is 0. The Labute approximate surface area is 180 Å². The van der Waals surface area contributed by atoms with Gasteiger partial charge in [-0.1, -0.05) is 36.1 Å². The summed E-state index contributed by atoms with van der Waals surface area (Å²) in [5.41, 5.74) is 3.34. The molecular weight excluding hydrogens is 390 g/mol. The number of nitrogens with one attached hydrogen (secondary N) is 3. The van der Waals surface area contributed by atoms with Crippen LogP contribution in [0.5, 0.6) is 0 Å². The third-order valence-corrected chi connectivity index (χ3v) is 4.08. The molecule has 0 spiro atoms. The summed E-state index contributed by atoms with van der Waals surface area (Å²) in [6, 6.07) is 21.5. The fraction of sp³-hybridized carbons (Fsp3) is 0.0800. The zero-order valence-electron chi connectivity index (χ0n) is 17.2. The highest BCUT2D eigenvalue weighted by Gasteiger charge is 2.11. The van der Waals surface area contributed by atoms with Crippen molar-refractivity contribution in [2.24, 2.45) is 0 Å². The maximum atomic E-state index is 12.8. The molecule has 31 heavy (non-hydrogen) atoms. The number of benzene rings is 3. The van der Waals surface area contributed by atoms with E-state index in [1.807, 2.05) is 36.4 Å². The summed E-state index contributed by atoms with van der Waals surface area (Å²) in [5.74, 6) is 5.22. The molecule has 0 fully saturated rings. The van der Waals surface area contributed by atoms with Gasteiger partial charge in [-0.2, -0.15) is 0 Å². The lowest BCUT2D eigenvalue weighted by atomic mass is 10.1. The molecule has 0 heterocycles. The Kier molecular flexibility index (Phi) is 6.82. The van der Waals surface area contributed by atoms with Crippen molar-refractivity contribution in [3.8, 4) is 11.8 Å². The monoisotopic (exact) mass is 411 g/mol. The van der Waals surface area contributed by atoms with Crippen molar-refractivity contribution in [1.29, 1.82) is 0 Å². The van der Waals surface area contributed by atoms with Gasteiger partial charge in [0.2, 0.25) is 11.8 Å². The van der Waals surface area contributed by atoms with E-state index in [2.05, 4.69) is 27.8 Å². The van der Waals surface area contributed by atoms with Crippen LogP contribution < -0.4 is 16.0 Å². The van der Waals surface area contributed by atoms with Crippen LogP contribution in [-0.4, -0.2) is 17.7 Å². The molecule has 154 valence electrons. The molecule has 3 rings (SSSR count). The van der Waals surface area contributed by atoms with Crippen LogP contribution in [0.1, 0.15) is 35.3 Å². The van der Waals surface area contributed by atoms with Gasteiger partial charge >= 0.3 is 0 Å². The molecule has 6 heteroatoms. The van der Waals surface area contributed by atoms with Crippen LogP contribution in [0.2, 0.25) is 0 Å². The van der Waals surface area contributed by atoms with E-state index in [0.29, 0.717) is 17.1 Å². The molecule has 0 bridgehead atoms. The van der Waals surface area contributed by atoms with E-state index in [4.69, 9.17) is 0 Å². The fourth-order valence-corrected chi connectivity index (χ4v) is 2.85. The first-order valence-corrected chi connectivity index (χ1v) is 9.58. The highest BCUT2D eigenvalue weighted by molar-refractivity contribution is 6.06. The lowest BCUT2D eigenvalue weighted by Gasteiger charge is -2.11. The number of carbonyl (C=O) groups excluding carboxylic acids is 3. The van der Waals surface area contributed by atoms with Gasteiger partial charge in [-0.05, 0) is 48.5 Å². The largest absolute Gasteiger partial charge is 0.326 e. The molecule has 0 atom stereocenters. The summed E-state index contributed by atoms with van der Waals surface area (Å²) in [6.45, 7) is 2.74. The number of anilines is 3. The smallest absolute Gasteiger partial charge is 0.255 e. The molecular formula is C25H21N3O3. The van der Waals surface area contributed by atoms with Crippen molar-refractivity contribution in [1.82, 2.24) is 0 Å². The van der Waals surface area contributed by atoms with Crippen molar-refractivity contribution < 1.29 is 14.4 Å². The summed E-state index contributed by atoms with van der Waals surface area (Å²) >= 11 is 0. The Morgan fingerprint density at radius 2 is 1.19 bits per heavy atom. The van der Waals surface area contributed by atoms with Gasteiger partial charge in [-0.15, -0.1) is 0 Å². The molecule has 0 aliphatic heterocycles. The number of carbonyl (C=O) groups is 3. The van der Waals surface area contributed by atoms with Crippen LogP contribution in [0.3, 0.4) is 0 Å². The van der Waals surface area contributed by atoms with Crippen LogP contribution in [0.15, 0.2) is 72.8 Å². The Bertz CT molecular complexity index is 1160. The van der Waals surface area contributed by atoms with E-state index in [-0.39, 0.29) is 23.3 Å². The predicted octanol–water partition coefficient (Wildman–Crippen LogP) is 4.26. The Morgan fingerprint density at radius 1 is 0.613 bits per heavy atom. The van der Waals surface area contributed by atoms with Gasteiger partial charge in [0.15, 0.2) is 0 Å². The van der Waals surface area contributed by atoms with Crippen molar-refractivity contribution in [3.05, 3.63) is 89.5 Å². The van der Waals surface area contributed by atoms with Gasteiger partial charge in [-0.25, -0.2) is 0 Å². The van der Waals surface area contributed by atoms with E-state index < -0.39 is 0 Å². The second kappa shape index (κ2) is 9.90. The van der Waals surface area contributed by atoms with Gasteiger partial charge < -0.3 is 16.0 Å². The second-order valence-corrected chi connectivity index (χ2v) is 6.81. The third-order valence-electron chi connectivity index (χ3n) is 4.08. The maximum absolute atomic E-state index is 12.8. The number of rotatable bonds is 4. The average molecular weight is 411 g/mol. The van der Waals surface area contributed by atoms with Gasteiger partial charge in [-0.3, -0.25) is 14.4 Å². The minimum Gasteiger partial charge on any atom is -0.326 e. The van der Waals surface area contributed by atoms with E-state index >= 15 is 0 Å². The molecule has 3 aromatic rings. The number of hydrogen-bond donors (Lipinski definition) is 3. The van der Waals surface area contributed by atoms with Gasteiger partial charge in [0, 0.05) is 47.6 Å². The number of hydrogen-bond acceptors (Lipinski definition) is 3. The van der Waals surface area contributed by atoms with E-state index in [9.17, 15) is 14.4 Å². The fourth-order valence-electron chi connectivity index (χ4n) is 2.85. The molecule has 0 saturated heterocycles. The molecule has 3 amide bonds. The Balaban J connectivity index is 1.81. The minimum atomic E-state index is -0.382. The molecule has 3 N–H and O–H groups in total. The summed E-state index contributed by atoms with van der Waals surface area (Å²) in [4.78, 5) is 35.6. The van der Waals surface area contributed by atoms with Crippen LogP contribution in [-0.2, 0) is 9.59 Å². The zero-order chi connectivity index (χ0) is 22.2. The van der Waals surface area contributed by atoms with Crippen molar-refractivity contribution in [2.75, 3.05) is 16.0 Å². The third kappa shape index (κ3) is 6.58. The van der Waals surface area contributed by atoms with E-state index in [0.717, 1.165) is 11.1 Å². The Hall–Kier alpha value is -4.37. The first-order chi connectivity index (χ1) is 14.9. The quantitative estimate of drug-likeness (QED) is 0.561. The molecule has 6 nitrogen and oxygen atoms in total. The molecule has 0 saturated carbocycles. The highest BCUT2D eigenvalue weighted by atomic mass is 16.2. The lowest BCUT2D eigenvalue weighted by Crippen LogP contribution is -2.15. The van der Waals surface area contributed by atoms with Gasteiger partial charge in [0.05, 0.1) is 0 Å². The summed E-state index contributed by atoms with van der Waals surface area (Å²) in [7, 11) is 0. The first-order valence-electron chi connectivity index (χ1n) is 9.58. The van der Waals surface area contributed by atoms with Crippen LogP contribution in [0.25, 0.3) is 0 Å². The minimum absolute atomic E-state index is 0.281. The summed E-state index contributed by atoms with van der Waals surface area (Å²) in [5, 5.41) is 8.09. The number of amides is 3. The highest BCUT2D eigenvalue weighted by Crippen LogP contribution is 2.21. The molecule has 3 aromatic carbocycles. The van der Waals surface area contributed by atoms with Crippen molar-refractivity contribution in [3.63, 3.8) is 0 Å². The van der Waals surface area contributed by atoms with Gasteiger partial charge in [0.1, 0.15) is 0 Å². The topological polar surface area (TPSA) is 87.3 Å². The van der Waals surface area contributed by atoms with Crippen LogP contribution >= 0.6 is 0 Å². The molecule has 0 unspecified atom stereocenters. The second-order valence-electron chi connectivity index (χ2n) is 6.81. The molecule has 0 aromatic heterocycles. The predicted molar refractivity (Wildman–Crippen MR) is 122 cm³/mol. The van der Waals surface area contributed by atoms with Crippen molar-refractivity contribution >= 4 is 34.8 Å². The molecule has 0 aliphatic rings. The van der Waals surface area contributed by atoms with E-state index in [1.54, 1.807) is 36.4 Å². The summed E-state index contributed by atoms with van der Waals surface area (Å²) in [6.07, 6.45) is 0. The van der Waals surface area contributed by atoms with Crippen molar-refractivity contribution in [2.45, 2.75) is 13.8 Å². The standard InChI is InChI=1S/C25H21N3O3/c1-17(29)26-23-14-21(15-24(16-23)27-18(2)30)25(31)28-22-10-6-9-20(13-22)12-11-19-7-4-3-5-8-19/h3-10,13-16H,1-2H3,(H,26,29)(H,27,30)(H,28,31). The van der Waals surface area contributed by atoms with Gasteiger partial charge in [0.25, 0.3) is 5.91 Å². The lowest BCUT2D eigenvalue weighted by molar-refractivity contribution is -0.115. The first kappa shape index (κ1) is 21.3. The SMILES string of the molecule is CC(=O)Nc1cc(NC(C)=O)cc(C(=O)Nc2cccc(C#Cc3ccccc3)c2)c1. The van der Waals surface area contributed by atoms with Crippen LogP contribution in [0.4, 0.5) is 17.1 Å². The Morgan fingerprint density at radius 3 is 1.81 bits per heavy atom.